The Hall–Kier alpha value is -2.93. The summed E-state index contributed by atoms with van der Waals surface area (Å²) in [6.07, 6.45) is 1.19. The van der Waals surface area contributed by atoms with Crippen LogP contribution in [0.3, 0.4) is 0 Å². The standard InChI is InChI=1S/C22H23N3O/c1-16(2)11-18-9-6-10-19(13-23)22(18)24-20-12-21(26)25(15-20)14-17-7-4-3-5-8-17/h3-10,16H,11-12,14-15H2,1-2H3. The van der Waals surface area contributed by atoms with E-state index in [1.165, 1.54) is 0 Å². The van der Waals surface area contributed by atoms with Gasteiger partial charge in [0.05, 0.1) is 24.2 Å². The van der Waals surface area contributed by atoms with Gasteiger partial charge < -0.3 is 4.90 Å². The van der Waals surface area contributed by atoms with E-state index in [0.29, 0.717) is 31.0 Å². The number of rotatable bonds is 5. The maximum Gasteiger partial charge on any atom is 0.228 e. The highest BCUT2D eigenvalue weighted by Crippen LogP contribution is 2.28. The molecule has 4 nitrogen and oxygen atoms in total. The van der Waals surface area contributed by atoms with E-state index in [1.807, 2.05) is 47.4 Å². The van der Waals surface area contributed by atoms with Crippen molar-refractivity contribution in [3.05, 3.63) is 65.2 Å². The molecule has 1 fully saturated rings. The van der Waals surface area contributed by atoms with Crippen molar-refractivity contribution in [2.75, 3.05) is 6.54 Å². The average Bonchev–Trinajstić information content (AvgIpc) is 2.96. The minimum absolute atomic E-state index is 0.0902. The number of amides is 1. The van der Waals surface area contributed by atoms with E-state index in [4.69, 9.17) is 4.99 Å². The smallest absolute Gasteiger partial charge is 0.228 e. The van der Waals surface area contributed by atoms with Gasteiger partial charge >= 0.3 is 0 Å². The minimum atomic E-state index is 0.0902. The molecule has 4 heteroatoms. The molecule has 0 spiro atoms. The molecule has 1 amide bonds. The number of hydrogen-bond acceptors (Lipinski definition) is 3. The van der Waals surface area contributed by atoms with Crippen LogP contribution in [0.2, 0.25) is 0 Å². The summed E-state index contributed by atoms with van der Waals surface area (Å²) in [6.45, 7) is 5.42. The molecular weight excluding hydrogens is 322 g/mol. The van der Waals surface area contributed by atoms with Crippen LogP contribution >= 0.6 is 0 Å². The van der Waals surface area contributed by atoms with Crippen LogP contribution in [-0.4, -0.2) is 23.1 Å². The summed E-state index contributed by atoms with van der Waals surface area (Å²) in [6, 6.07) is 17.9. The molecule has 3 rings (SSSR count). The predicted octanol–water partition coefficient (Wildman–Crippen LogP) is 4.26. The summed E-state index contributed by atoms with van der Waals surface area (Å²) in [5, 5.41) is 9.45. The van der Waals surface area contributed by atoms with Crippen molar-refractivity contribution >= 4 is 17.3 Å². The molecule has 2 aromatic carbocycles. The molecular formula is C22H23N3O. The first-order valence-electron chi connectivity index (χ1n) is 8.97. The molecule has 0 unspecified atom stereocenters. The van der Waals surface area contributed by atoms with Crippen LogP contribution in [-0.2, 0) is 17.8 Å². The van der Waals surface area contributed by atoms with E-state index in [1.54, 1.807) is 6.07 Å². The molecule has 26 heavy (non-hydrogen) atoms. The quantitative estimate of drug-likeness (QED) is 0.813. The van der Waals surface area contributed by atoms with Crippen molar-refractivity contribution in [2.45, 2.75) is 33.2 Å². The Balaban J connectivity index is 1.85. The van der Waals surface area contributed by atoms with Crippen molar-refractivity contribution in [1.29, 1.82) is 5.26 Å². The second kappa shape index (κ2) is 7.97. The van der Waals surface area contributed by atoms with Crippen molar-refractivity contribution in [3.8, 4) is 6.07 Å². The van der Waals surface area contributed by atoms with Gasteiger partial charge in [0.2, 0.25) is 5.91 Å². The number of nitriles is 1. The van der Waals surface area contributed by atoms with Crippen molar-refractivity contribution in [1.82, 2.24) is 4.90 Å². The Labute approximate surface area is 154 Å². The van der Waals surface area contributed by atoms with Gasteiger partial charge in [0, 0.05) is 12.3 Å². The highest BCUT2D eigenvalue weighted by molar-refractivity contribution is 6.09. The first kappa shape index (κ1) is 17.9. The summed E-state index contributed by atoms with van der Waals surface area (Å²) < 4.78 is 0. The van der Waals surface area contributed by atoms with E-state index >= 15 is 0 Å². The Morgan fingerprint density at radius 2 is 1.92 bits per heavy atom. The van der Waals surface area contributed by atoms with E-state index in [9.17, 15) is 10.1 Å². The van der Waals surface area contributed by atoms with Gasteiger partial charge in [-0.2, -0.15) is 5.26 Å². The third kappa shape index (κ3) is 4.18. The Morgan fingerprint density at radius 3 is 2.62 bits per heavy atom. The highest BCUT2D eigenvalue weighted by Gasteiger charge is 2.26. The summed E-state index contributed by atoms with van der Waals surface area (Å²) in [5.74, 6) is 0.565. The monoisotopic (exact) mass is 345 g/mol. The number of carbonyl (C=O) groups excluding carboxylic acids is 1. The summed E-state index contributed by atoms with van der Waals surface area (Å²) in [4.78, 5) is 19.0. The zero-order chi connectivity index (χ0) is 18.5. The number of hydrogen-bond donors (Lipinski definition) is 0. The Bertz CT molecular complexity index is 863. The lowest BCUT2D eigenvalue weighted by Crippen LogP contribution is -2.24. The largest absolute Gasteiger partial charge is 0.332 e. The molecule has 2 aromatic rings. The third-order valence-electron chi connectivity index (χ3n) is 4.44. The third-order valence-corrected chi connectivity index (χ3v) is 4.44. The van der Waals surface area contributed by atoms with Gasteiger partial charge in [-0.1, -0.05) is 56.3 Å². The van der Waals surface area contributed by atoms with Gasteiger partial charge in [-0.05, 0) is 29.5 Å². The topological polar surface area (TPSA) is 56.5 Å². The van der Waals surface area contributed by atoms with E-state index in [0.717, 1.165) is 28.9 Å². The number of carbonyl (C=O) groups is 1. The maximum absolute atomic E-state index is 12.4. The summed E-state index contributed by atoms with van der Waals surface area (Å²) in [7, 11) is 0. The number of para-hydroxylation sites is 1. The molecule has 0 radical (unpaired) electrons. The molecule has 0 saturated carbocycles. The Morgan fingerprint density at radius 1 is 1.15 bits per heavy atom. The Kier molecular flexibility index (Phi) is 5.48. The van der Waals surface area contributed by atoms with Crippen molar-refractivity contribution in [3.63, 3.8) is 0 Å². The van der Waals surface area contributed by atoms with Gasteiger partial charge in [-0.15, -0.1) is 0 Å². The normalized spacial score (nSPS) is 15.7. The molecule has 132 valence electrons. The summed E-state index contributed by atoms with van der Waals surface area (Å²) >= 11 is 0. The van der Waals surface area contributed by atoms with Crippen LogP contribution in [0.4, 0.5) is 5.69 Å². The minimum Gasteiger partial charge on any atom is -0.332 e. The fourth-order valence-electron chi connectivity index (χ4n) is 3.25. The first-order chi connectivity index (χ1) is 12.6. The molecule has 1 aliphatic rings. The van der Waals surface area contributed by atoms with Gasteiger partial charge in [0.1, 0.15) is 6.07 Å². The van der Waals surface area contributed by atoms with E-state index < -0.39 is 0 Å². The molecule has 0 aromatic heterocycles. The fourth-order valence-corrected chi connectivity index (χ4v) is 3.25. The molecule has 1 heterocycles. The van der Waals surface area contributed by atoms with Crippen molar-refractivity contribution in [2.24, 2.45) is 10.9 Å². The zero-order valence-corrected chi connectivity index (χ0v) is 15.3. The summed E-state index contributed by atoms with van der Waals surface area (Å²) in [5.41, 5.74) is 4.32. The second-order valence-electron chi connectivity index (χ2n) is 7.11. The molecule has 0 N–H and O–H groups in total. The molecule has 0 aliphatic carbocycles. The second-order valence-corrected chi connectivity index (χ2v) is 7.11. The number of nitrogens with zero attached hydrogens (tertiary/aromatic N) is 3. The van der Waals surface area contributed by atoms with Crippen LogP contribution in [0.5, 0.6) is 0 Å². The number of likely N-dealkylation sites (tertiary alicyclic amines) is 1. The SMILES string of the molecule is CC(C)Cc1cccc(C#N)c1N=C1CC(=O)N(Cc2ccccc2)C1. The lowest BCUT2D eigenvalue weighted by atomic mass is 9.99. The van der Waals surface area contributed by atoms with E-state index in [2.05, 4.69) is 19.9 Å². The van der Waals surface area contributed by atoms with Crippen LogP contribution in [0.15, 0.2) is 53.5 Å². The molecule has 0 atom stereocenters. The van der Waals surface area contributed by atoms with Gasteiger partial charge in [-0.3, -0.25) is 9.79 Å². The van der Waals surface area contributed by atoms with Crippen LogP contribution in [0.25, 0.3) is 0 Å². The lowest BCUT2D eigenvalue weighted by molar-refractivity contribution is -0.128. The van der Waals surface area contributed by atoms with Crippen LogP contribution in [0.1, 0.15) is 37.0 Å². The van der Waals surface area contributed by atoms with Crippen molar-refractivity contribution < 1.29 is 4.79 Å². The first-order valence-corrected chi connectivity index (χ1v) is 8.97. The number of benzene rings is 2. The van der Waals surface area contributed by atoms with Crippen LogP contribution < -0.4 is 0 Å². The number of aliphatic imine (C=N–C) groups is 1. The fraction of sp³-hybridized carbons (Fsp3) is 0.318. The average molecular weight is 345 g/mol. The molecule has 0 bridgehead atoms. The van der Waals surface area contributed by atoms with Gasteiger partial charge in [0.25, 0.3) is 0 Å². The van der Waals surface area contributed by atoms with Gasteiger partial charge in [-0.25, -0.2) is 0 Å². The molecule has 1 aliphatic heterocycles. The zero-order valence-electron chi connectivity index (χ0n) is 15.3. The molecule has 1 saturated heterocycles. The van der Waals surface area contributed by atoms with E-state index in [-0.39, 0.29) is 5.91 Å². The predicted molar refractivity (Wildman–Crippen MR) is 103 cm³/mol. The van der Waals surface area contributed by atoms with Gasteiger partial charge in [0.15, 0.2) is 0 Å². The lowest BCUT2D eigenvalue weighted by Gasteiger charge is -2.15. The maximum atomic E-state index is 12.4. The highest BCUT2D eigenvalue weighted by atomic mass is 16.2. The van der Waals surface area contributed by atoms with Crippen LogP contribution in [0, 0.1) is 17.2 Å².